The van der Waals surface area contributed by atoms with Gasteiger partial charge in [-0.15, -0.1) is 0 Å². The summed E-state index contributed by atoms with van der Waals surface area (Å²) in [4.78, 5) is 11.0. The lowest BCUT2D eigenvalue weighted by Gasteiger charge is -2.26. The Kier molecular flexibility index (Phi) is 6.01. The summed E-state index contributed by atoms with van der Waals surface area (Å²) in [5, 5.41) is 3.30. The first-order valence-corrected chi connectivity index (χ1v) is 5.60. The van der Waals surface area contributed by atoms with Crippen LogP contribution < -0.4 is 5.32 Å². The maximum atomic E-state index is 11.0. The molecule has 14 heavy (non-hydrogen) atoms. The minimum atomic E-state index is -0.00463. The van der Waals surface area contributed by atoms with Crippen LogP contribution in [0.2, 0.25) is 0 Å². The summed E-state index contributed by atoms with van der Waals surface area (Å²) in [6.45, 7) is 13.5. The number of ketones is 1. The average Bonchev–Trinajstić information content (AvgIpc) is 2.02. The van der Waals surface area contributed by atoms with Crippen molar-refractivity contribution >= 4 is 5.78 Å². The zero-order valence-electron chi connectivity index (χ0n) is 10.4. The van der Waals surface area contributed by atoms with Crippen molar-refractivity contribution in [3.05, 3.63) is 0 Å². The number of hydrogen-bond acceptors (Lipinski definition) is 2. The highest BCUT2D eigenvalue weighted by atomic mass is 16.1. The Morgan fingerprint density at radius 3 is 1.79 bits per heavy atom. The van der Waals surface area contributed by atoms with Crippen molar-refractivity contribution in [1.82, 2.24) is 5.32 Å². The highest BCUT2D eigenvalue weighted by Crippen LogP contribution is 2.19. The van der Waals surface area contributed by atoms with Crippen LogP contribution in [-0.2, 0) is 4.79 Å². The minimum Gasteiger partial charge on any atom is -0.307 e. The normalized spacial score (nSPS) is 14.1. The summed E-state index contributed by atoms with van der Waals surface area (Å²) in [6.07, 6.45) is 0. The molecule has 0 aliphatic carbocycles. The number of hydrogen-bond donors (Lipinski definition) is 1. The molecule has 0 fully saturated rings. The van der Waals surface area contributed by atoms with Gasteiger partial charge in [0.25, 0.3) is 0 Å². The summed E-state index contributed by atoms with van der Waals surface area (Å²) in [5.74, 6) is 2.20. The van der Waals surface area contributed by atoms with Gasteiger partial charge in [-0.05, 0) is 38.1 Å². The standard InChI is InChI=1S/C12H25NO/c1-8(2)12(9(3)4)7-13-10(5)11(6)14/h8-10,12-13H,7H2,1-6H3/t10-/m1/s1. The van der Waals surface area contributed by atoms with Crippen LogP contribution in [-0.4, -0.2) is 18.4 Å². The highest BCUT2D eigenvalue weighted by Gasteiger charge is 2.18. The van der Waals surface area contributed by atoms with E-state index in [1.165, 1.54) is 0 Å². The van der Waals surface area contributed by atoms with Crippen LogP contribution in [0.1, 0.15) is 41.5 Å². The lowest BCUT2D eigenvalue weighted by molar-refractivity contribution is -0.118. The molecule has 0 aliphatic rings. The summed E-state index contributed by atoms with van der Waals surface area (Å²) < 4.78 is 0. The smallest absolute Gasteiger partial charge is 0.146 e. The number of rotatable bonds is 6. The molecule has 0 bridgehead atoms. The molecule has 0 unspecified atom stereocenters. The predicted octanol–water partition coefficient (Wildman–Crippen LogP) is 2.48. The molecule has 0 saturated heterocycles. The van der Waals surface area contributed by atoms with Gasteiger partial charge in [0, 0.05) is 0 Å². The summed E-state index contributed by atoms with van der Waals surface area (Å²) in [7, 11) is 0. The Morgan fingerprint density at radius 1 is 1.07 bits per heavy atom. The fraction of sp³-hybridized carbons (Fsp3) is 0.917. The Balaban J connectivity index is 4.00. The lowest BCUT2D eigenvalue weighted by atomic mass is 9.85. The van der Waals surface area contributed by atoms with Crippen LogP contribution in [0.5, 0.6) is 0 Å². The predicted molar refractivity (Wildman–Crippen MR) is 61.3 cm³/mol. The van der Waals surface area contributed by atoms with Crippen LogP contribution in [0.15, 0.2) is 0 Å². The van der Waals surface area contributed by atoms with E-state index in [1.54, 1.807) is 6.92 Å². The summed E-state index contributed by atoms with van der Waals surface area (Å²) in [6, 6.07) is -0.00463. The van der Waals surface area contributed by atoms with Crippen LogP contribution >= 0.6 is 0 Å². The van der Waals surface area contributed by atoms with Gasteiger partial charge in [-0.3, -0.25) is 4.79 Å². The van der Waals surface area contributed by atoms with Gasteiger partial charge < -0.3 is 5.32 Å². The van der Waals surface area contributed by atoms with E-state index in [0.717, 1.165) is 6.54 Å². The van der Waals surface area contributed by atoms with Crippen molar-refractivity contribution in [3.8, 4) is 0 Å². The summed E-state index contributed by atoms with van der Waals surface area (Å²) >= 11 is 0. The van der Waals surface area contributed by atoms with E-state index >= 15 is 0 Å². The van der Waals surface area contributed by atoms with Gasteiger partial charge in [0.1, 0.15) is 5.78 Å². The second kappa shape index (κ2) is 6.18. The monoisotopic (exact) mass is 199 g/mol. The maximum Gasteiger partial charge on any atom is 0.146 e. The first kappa shape index (κ1) is 13.6. The third kappa shape index (κ3) is 4.75. The molecular weight excluding hydrogens is 174 g/mol. The fourth-order valence-electron chi connectivity index (χ4n) is 1.70. The maximum absolute atomic E-state index is 11.0. The van der Waals surface area contributed by atoms with Crippen molar-refractivity contribution in [1.29, 1.82) is 0 Å². The molecule has 0 radical (unpaired) electrons. The van der Waals surface area contributed by atoms with Crippen LogP contribution in [0.4, 0.5) is 0 Å². The molecule has 2 nitrogen and oxygen atoms in total. The minimum absolute atomic E-state index is 0.00463. The van der Waals surface area contributed by atoms with E-state index < -0.39 is 0 Å². The van der Waals surface area contributed by atoms with Gasteiger partial charge in [0.05, 0.1) is 6.04 Å². The second-order valence-corrected chi connectivity index (χ2v) is 4.89. The third-order valence-corrected chi connectivity index (χ3v) is 2.98. The van der Waals surface area contributed by atoms with E-state index in [9.17, 15) is 4.79 Å². The molecule has 0 aromatic rings. The molecule has 0 saturated carbocycles. The first-order chi connectivity index (χ1) is 6.36. The van der Waals surface area contributed by atoms with Gasteiger partial charge in [-0.1, -0.05) is 27.7 Å². The molecular formula is C12H25NO. The third-order valence-electron chi connectivity index (χ3n) is 2.98. The van der Waals surface area contributed by atoms with Crippen molar-refractivity contribution in [3.63, 3.8) is 0 Å². The Morgan fingerprint density at radius 2 is 1.50 bits per heavy atom. The van der Waals surface area contributed by atoms with E-state index in [1.807, 2.05) is 6.92 Å². The molecule has 1 N–H and O–H groups in total. The van der Waals surface area contributed by atoms with Crippen LogP contribution in [0.25, 0.3) is 0 Å². The first-order valence-electron chi connectivity index (χ1n) is 5.60. The quantitative estimate of drug-likeness (QED) is 0.712. The van der Waals surface area contributed by atoms with Crippen LogP contribution in [0, 0.1) is 17.8 Å². The van der Waals surface area contributed by atoms with Crippen molar-refractivity contribution in [2.24, 2.45) is 17.8 Å². The lowest BCUT2D eigenvalue weighted by Crippen LogP contribution is -2.38. The van der Waals surface area contributed by atoms with Gasteiger partial charge in [-0.2, -0.15) is 0 Å². The van der Waals surface area contributed by atoms with Crippen molar-refractivity contribution < 1.29 is 4.79 Å². The SMILES string of the molecule is CC(=O)[C@@H](C)NCC(C(C)C)C(C)C. The molecule has 0 amide bonds. The van der Waals surface area contributed by atoms with Gasteiger partial charge >= 0.3 is 0 Å². The second-order valence-electron chi connectivity index (χ2n) is 4.89. The zero-order valence-corrected chi connectivity index (χ0v) is 10.4. The van der Waals surface area contributed by atoms with E-state index in [-0.39, 0.29) is 11.8 Å². The average molecular weight is 199 g/mol. The van der Waals surface area contributed by atoms with Crippen molar-refractivity contribution in [2.45, 2.75) is 47.6 Å². The van der Waals surface area contributed by atoms with E-state index in [2.05, 4.69) is 33.0 Å². The van der Waals surface area contributed by atoms with Gasteiger partial charge in [0.2, 0.25) is 0 Å². The van der Waals surface area contributed by atoms with Gasteiger partial charge in [0.15, 0.2) is 0 Å². The molecule has 0 rings (SSSR count). The molecule has 1 atom stereocenters. The number of carbonyl (C=O) groups excluding carboxylic acids is 1. The number of carbonyl (C=O) groups is 1. The molecule has 0 aromatic carbocycles. The molecule has 0 heterocycles. The summed E-state index contributed by atoms with van der Waals surface area (Å²) in [5.41, 5.74) is 0. The molecule has 0 spiro atoms. The molecule has 2 heteroatoms. The molecule has 0 aliphatic heterocycles. The van der Waals surface area contributed by atoms with Crippen LogP contribution in [0.3, 0.4) is 0 Å². The van der Waals surface area contributed by atoms with E-state index in [0.29, 0.717) is 17.8 Å². The molecule has 84 valence electrons. The number of Topliss-reactive ketones (excluding diaryl/α,β-unsaturated/α-hetero) is 1. The molecule has 0 aromatic heterocycles. The topological polar surface area (TPSA) is 29.1 Å². The fourth-order valence-corrected chi connectivity index (χ4v) is 1.70. The van der Waals surface area contributed by atoms with E-state index in [4.69, 9.17) is 0 Å². The Labute approximate surface area is 88.5 Å². The number of nitrogens with one attached hydrogen (secondary N) is 1. The Bertz CT molecular complexity index is 167. The highest BCUT2D eigenvalue weighted by molar-refractivity contribution is 5.80. The zero-order chi connectivity index (χ0) is 11.3. The largest absolute Gasteiger partial charge is 0.307 e. The van der Waals surface area contributed by atoms with Crippen molar-refractivity contribution in [2.75, 3.05) is 6.54 Å². The van der Waals surface area contributed by atoms with Gasteiger partial charge in [-0.25, -0.2) is 0 Å². The Hall–Kier alpha value is -0.370.